The Morgan fingerprint density at radius 2 is 2.00 bits per heavy atom. The molecule has 0 spiro atoms. The Morgan fingerprint density at radius 1 is 1.31 bits per heavy atom. The summed E-state index contributed by atoms with van der Waals surface area (Å²) in [7, 11) is 0. The van der Waals surface area contributed by atoms with Crippen LogP contribution in [0.5, 0.6) is 0 Å². The van der Waals surface area contributed by atoms with E-state index in [0.717, 1.165) is 12.8 Å². The summed E-state index contributed by atoms with van der Waals surface area (Å²) in [5, 5.41) is 3.66. The third-order valence-corrected chi connectivity index (χ3v) is 2.68. The van der Waals surface area contributed by atoms with Gasteiger partial charge < -0.3 is 0 Å². The summed E-state index contributed by atoms with van der Waals surface area (Å²) in [6.45, 7) is 0.605. The molecule has 66 valence electrons. The fourth-order valence-electron chi connectivity index (χ4n) is 1.65. The predicted molar refractivity (Wildman–Crippen MR) is 51.4 cm³/mol. The fraction of sp³-hybridized carbons (Fsp3) is 0.400. The van der Waals surface area contributed by atoms with Gasteiger partial charge in [-0.25, -0.2) is 0 Å². The molecule has 0 radical (unpaired) electrons. The number of hydrogen-bond acceptors (Lipinski definition) is 1. The van der Waals surface area contributed by atoms with Gasteiger partial charge in [-0.2, -0.15) is 0 Å². The Labute approximate surface area is 77.0 Å². The second kappa shape index (κ2) is 3.11. The van der Waals surface area contributed by atoms with E-state index in [-0.39, 0.29) is 5.41 Å². The molecule has 0 amide bonds. The van der Waals surface area contributed by atoms with Gasteiger partial charge in [-0.3, -0.25) is 0 Å². The largest absolute Gasteiger partial charge is 0.0931 e. The van der Waals surface area contributed by atoms with Gasteiger partial charge in [0.05, 0.1) is 0 Å². The lowest BCUT2D eigenvalue weighted by molar-refractivity contribution is 0.701. The average molecular weight is 173 g/mol. The van der Waals surface area contributed by atoms with Gasteiger partial charge in [0.15, 0.2) is 0 Å². The van der Waals surface area contributed by atoms with Gasteiger partial charge >= 0.3 is 0 Å². The van der Waals surface area contributed by atoms with Crippen molar-refractivity contribution in [3.05, 3.63) is 46.3 Å². The fourth-order valence-corrected chi connectivity index (χ4v) is 1.65. The number of hydrogen-bond donors (Lipinski definition) is 0. The zero-order valence-electron chi connectivity index (χ0n) is 7.35. The van der Waals surface area contributed by atoms with Crippen LogP contribution in [0, 0.1) is 0 Å². The molecule has 1 aliphatic rings. The summed E-state index contributed by atoms with van der Waals surface area (Å²) in [5.74, 6) is 0. The van der Waals surface area contributed by atoms with Crippen LogP contribution in [0.25, 0.3) is 10.4 Å². The van der Waals surface area contributed by atoms with Gasteiger partial charge in [-0.05, 0) is 23.9 Å². The van der Waals surface area contributed by atoms with E-state index < -0.39 is 0 Å². The van der Waals surface area contributed by atoms with Gasteiger partial charge in [-0.15, -0.1) is 0 Å². The summed E-state index contributed by atoms with van der Waals surface area (Å²) >= 11 is 0. The summed E-state index contributed by atoms with van der Waals surface area (Å²) in [4.78, 5) is 2.81. The summed E-state index contributed by atoms with van der Waals surface area (Å²) < 4.78 is 0. The molecular formula is C10H11N3. The highest BCUT2D eigenvalue weighted by atomic mass is 15.1. The first-order valence-corrected chi connectivity index (χ1v) is 4.44. The second-order valence-electron chi connectivity index (χ2n) is 3.54. The van der Waals surface area contributed by atoms with E-state index >= 15 is 0 Å². The van der Waals surface area contributed by atoms with Crippen LogP contribution in [-0.2, 0) is 5.41 Å². The van der Waals surface area contributed by atoms with E-state index in [4.69, 9.17) is 5.53 Å². The van der Waals surface area contributed by atoms with Gasteiger partial charge in [0.1, 0.15) is 0 Å². The first-order valence-electron chi connectivity index (χ1n) is 4.44. The molecule has 0 unspecified atom stereocenters. The molecule has 1 fully saturated rings. The van der Waals surface area contributed by atoms with Crippen molar-refractivity contribution < 1.29 is 0 Å². The lowest BCUT2D eigenvalue weighted by Crippen LogP contribution is -2.09. The molecule has 2 rings (SSSR count). The summed E-state index contributed by atoms with van der Waals surface area (Å²) in [6, 6.07) is 10.3. The van der Waals surface area contributed by atoms with Crippen molar-refractivity contribution in [3.8, 4) is 0 Å². The van der Waals surface area contributed by atoms with Crippen LogP contribution >= 0.6 is 0 Å². The minimum Gasteiger partial charge on any atom is -0.0931 e. The summed E-state index contributed by atoms with van der Waals surface area (Å²) in [5.41, 5.74) is 9.74. The third-order valence-electron chi connectivity index (χ3n) is 2.68. The van der Waals surface area contributed by atoms with Crippen LogP contribution in [0.15, 0.2) is 35.4 Å². The Hall–Kier alpha value is -1.47. The molecule has 0 heterocycles. The van der Waals surface area contributed by atoms with Crippen LogP contribution in [0.3, 0.4) is 0 Å². The number of benzene rings is 1. The zero-order chi connectivity index (χ0) is 9.15. The van der Waals surface area contributed by atoms with Gasteiger partial charge in [0, 0.05) is 16.9 Å². The molecule has 3 nitrogen and oxygen atoms in total. The molecule has 0 bridgehead atoms. The normalized spacial score (nSPS) is 17.5. The van der Waals surface area contributed by atoms with E-state index in [9.17, 15) is 0 Å². The number of rotatable bonds is 3. The maximum Gasteiger partial charge on any atom is 0.0355 e. The maximum atomic E-state index is 8.26. The smallest absolute Gasteiger partial charge is 0.0355 e. The standard InChI is InChI=1S/C10H11N3/c11-13-12-8-10(6-7-10)9-4-2-1-3-5-9/h1-5H,6-8H2. The number of nitrogens with zero attached hydrogens (tertiary/aromatic N) is 3. The second-order valence-corrected chi connectivity index (χ2v) is 3.54. The molecule has 3 heteroatoms. The Balaban J connectivity index is 2.21. The SMILES string of the molecule is [N-]=[N+]=NCC1(c2ccccc2)CC1. The Kier molecular flexibility index (Phi) is 1.95. The van der Waals surface area contributed by atoms with Crippen molar-refractivity contribution in [2.75, 3.05) is 6.54 Å². The number of azide groups is 1. The van der Waals surface area contributed by atoms with E-state index in [1.165, 1.54) is 5.56 Å². The summed E-state index contributed by atoms with van der Waals surface area (Å²) in [6.07, 6.45) is 2.30. The molecular weight excluding hydrogens is 162 g/mol. The molecule has 13 heavy (non-hydrogen) atoms. The molecule has 0 N–H and O–H groups in total. The van der Waals surface area contributed by atoms with Gasteiger partial charge in [0.2, 0.25) is 0 Å². The van der Waals surface area contributed by atoms with Crippen molar-refractivity contribution in [1.29, 1.82) is 0 Å². The van der Waals surface area contributed by atoms with Crippen LogP contribution < -0.4 is 0 Å². The lowest BCUT2D eigenvalue weighted by atomic mass is 9.96. The van der Waals surface area contributed by atoms with Crippen molar-refractivity contribution in [1.82, 2.24) is 0 Å². The maximum absolute atomic E-state index is 8.26. The van der Waals surface area contributed by atoms with Crippen molar-refractivity contribution in [3.63, 3.8) is 0 Å². The predicted octanol–water partition coefficient (Wildman–Crippen LogP) is 3.03. The topological polar surface area (TPSA) is 48.8 Å². The van der Waals surface area contributed by atoms with Gasteiger partial charge in [0.25, 0.3) is 0 Å². The molecule has 0 saturated heterocycles. The molecule has 0 aliphatic heterocycles. The van der Waals surface area contributed by atoms with Crippen LogP contribution in [0.2, 0.25) is 0 Å². The van der Waals surface area contributed by atoms with E-state index in [2.05, 4.69) is 22.2 Å². The van der Waals surface area contributed by atoms with Crippen molar-refractivity contribution >= 4 is 0 Å². The zero-order valence-corrected chi connectivity index (χ0v) is 7.35. The Bertz CT molecular complexity index is 334. The molecule has 1 aromatic rings. The van der Waals surface area contributed by atoms with Crippen molar-refractivity contribution in [2.45, 2.75) is 18.3 Å². The van der Waals surface area contributed by atoms with Crippen LogP contribution in [-0.4, -0.2) is 6.54 Å². The first-order chi connectivity index (χ1) is 6.37. The lowest BCUT2D eigenvalue weighted by Gasteiger charge is -2.11. The van der Waals surface area contributed by atoms with E-state index in [1.54, 1.807) is 0 Å². The highest BCUT2D eigenvalue weighted by Gasteiger charge is 2.43. The average Bonchev–Trinajstić information content (AvgIpc) is 2.97. The van der Waals surface area contributed by atoms with Crippen molar-refractivity contribution in [2.24, 2.45) is 5.11 Å². The highest BCUT2D eigenvalue weighted by Crippen LogP contribution is 2.48. The Morgan fingerprint density at radius 3 is 2.54 bits per heavy atom. The van der Waals surface area contributed by atoms with Crippen LogP contribution in [0.1, 0.15) is 18.4 Å². The molecule has 1 aliphatic carbocycles. The monoisotopic (exact) mass is 173 g/mol. The van der Waals surface area contributed by atoms with E-state index in [0.29, 0.717) is 6.54 Å². The molecule has 0 aromatic heterocycles. The highest BCUT2D eigenvalue weighted by molar-refractivity contribution is 5.31. The third kappa shape index (κ3) is 1.51. The first kappa shape index (κ1) is 8.14. The van der Waals surface area contributed by atoms with Crippen LogP contribution in [0.4, 0.5) is 0 Å². The molecule has 1 aromatic carbocycles. The minimum absolute atomic E-state index is 0.174. The van der Waals surface area contributed by atoms with E-state index in [1.807, 2.05) is 18.2 Å². The van der Waals surface area contributed by atoms with Gasteiger partial charge in [-0.1, -0.05) is 35.4 Å². The molecule has 1 saturated carbocycles. The molecule has 0 atom stereocenters. The minimum atomic E-state index is 0.174. The quantitative estimate of drug-likeness (QED) is 0.383.